The molecule has 1 atom stereocenters. The molecule has 0 saturated heterocycles. The number of esters is 1. The monoisotopic (exact) mass is 318 g/mol. The van der Waals surface area contributed by atoms with E-state index in [1.54, 1.807) is 55.6 Å². The van der Waals surface area contributed by atoms with Crippen LogP contribution in [0.15, 0.2) is 66.2 Å². The Bertz CT molecular complexity index is 637. The van der Waals surface area contributed by atoms with Gasteiger partial charge in [-0.1, -0.05) is 36.4 Å². The van der Waals surface area contributed by atoms with Crippen molar-refractivity contribution >= 4 is 17.6 Å². The van der Waals surface area contributed by atoms with Gasteiger partial charge in [-0.05, 0) is 36.4 Å². The van der Waals surface area contributed by atoms with Gasteiger partial charge in [0.15, 0.2) is 0 Å². The van der Waals surface area contributed by atoms with Crippen LogP contribution in [0.1, 0.15) is 10.4 Å². The molecule has 0 amide bonds. The molecule has 5 heteroatoms. The first kappa shape index (κ1) is 15.9. The fourth-order valence-electron chi connectivity index (χ4n) is 1.67. The SMILES string of the molecule is C=C(Cl)C(OC(=O)c1ccccc1)Oc1ccc(OC)cc1. The minimum atomic E-state index is -1.08. The van der Waals surface area contributed by atoms with Crippen molar-refractivity contribution in [3.05, 3.63) is 71.8 Å². The van der Waals surface area contributed by atoms with Crippen molar-refractivity contribution in [2.24, 2.45) is 0 Å². The Morgan fingerprint density at radius 3 is 2.18 bits per heavy atom. The molecule has 0 aliphatic carbocycles. The lowest BCUT2D eigenvalue weighted by molar-refractivity contribution is -0.0237. The molecule has 0 aromatic heterocycles. The molecule has 0 N–H and O–H groups in total. The Balaban J connectivity index is 2.06. The lowest BCUT2D eigenvalue weighted by atomic mass is 10.2. The summed E-state index contributed by atoms with van der Waals surface area (Å²) in [4.78, 5) is 12.0. The summed E-state index contributed by atoms with van der Waals surface area (Å²) in [5, 5.41) is 0.0695. The molecule has 1 unspecified atom stereocenters. The zero-order valence-electron chi connectivity index (χ0n) is 12.0. The fraction of sp³-hybridized carbons (Fsp3) is 0.118. The van der Waals surface area contributed by atoms with E-state index in [0.717, 1.165) is 0 Å². The van der Waals surface area contributed by atoms with Crippen LogP contribution in [0.4, 0.5) is 0 Å². The average molecular weight is 319 g/mol. The van der Waals surface area contributed by atoms with E-state index in [2.05, 4.69) is 6.58 Å². The van der Waals surface area contributed by atoms with Crippen molar-refractivity contribution in [1.29, 1.82) is 0 Å². The largest absolute Gasteiger partial charge is 0.497 e. The summed E-state index contributed by atoms with van der Waals surface area (Å²) in [6.45, 7) is 3.57. The zero-order chi connectivity index (χ0) is 15.9. The molecule has 4 nitrogen and oxygen atoms in total. The Morgan fingerprint density at radius 2 is 1.64 bits per heavy atom. The van der Waals surface area contributed by atoms with Gasteiger partial charge in [-0.3, -0.25) is 0 Å². The minimum Gasteiger partial charge on any atom is -0.497 e. The van der Waals surface area contributed by atoms with Gasteiger partial charge < -0.3 is 14.2 Å². The summed E-state index contributed by atoms with van der Waals surface area (Å²) in [5.74, 6) is 0.629. The topological polar surface area (TPSA) is 44.8 Å². The Kier molecular flexibility index (Phi) is 5.44. The van der Waals surface area contributed by atoms with Gasteiger partial charge >= 0.3 is 5.97 Å². The Morgan fingerprint density at radius 1 is 1.05 bits per heavy atom. The molecular formula is C17H15ClO4. The van der Waals surface area contributed by atoms with Gasteiger partial charge in [0.25, 0.3) is 6.29 Å². The third-order valence-corrected chi connectivity index (χ3v) is 2.96. The van der Waals surface area contributed by atoms with Crippen molar-refractivity contribution in [2.75, 3.05) is 7.11 Å². The molecule has 114 valence electrons. The maximum Gasteiger partial charge on any atom is 0.341 e. The minimum absolute atomic E-state index is 0.0695. The van der Waals surface area contributed by atoms with E-state index >= 15 is 0 Å². The smallest absolute Gasteiger partial charge is 0.341 e. The Labute approximate surface area is 133 Å². The van der Waals surface area contributed by atoms with Crippen LogP contribution < -0.4 is 9.47 Å². The number of methoxy groups -OCH3 is 1. The predicted molar refractivity (Wildman–Crippen MR) is 84.3 cm³/mol. The zero-order valence-corrected chi connectivity index (χ0v) is 12.7. The summed E-state index contributed by atoms with van der Waals surface area (Å²) in [5.41, 5.74) is 0.406. The molecule has 0 aliphatic rings. The molecule has 2 aromatic carbocycles. The normalized spacial score (nSPS) is 11.4. The second-order valence-corrected chi connectivity index (χ2v) is 4.83. The average Bonchev–Trinajstić information content (AvgIpc) is 2.55. The molecule has 22 heavy (non-hydrogen) atoms. The van der Waals surface area contributed by atoms with Crippen molar-refractivity contribution in [3.8, 4) is 11.5 Å². The molecule has 0 saturated carbocycles. The molecule has 0 aliphatic heterocycles. The number of carbonyl (C=O) groups is 1. The van der Waals surface area contributed by atoms with Crippen molar-refractivity contribution in [3.63, 3.8) is 0 Å². The lowest BCUT2D eigenvalue weighted by Gasteiger charge is -2.18. The molecule has 0 radical (unpaired) electrons. The molecule has 0 heterocycles. The summed E-state index contributed by atoms with van der Waals surface area (Å²) in [6.07, 6.45) is -1.08. The van der Waals surface area contributed by atoms with Crippen LogP contribution in [0.25, 0.3) is 0 Å². The van der Waals surface area contributed by atoms with Crippen LogP contribution >= 0.6 is 11.6 Å². The van der Waals surface area contributed by atoms with E-state index < -0.39 is 12.3 Å². The Hall–Kier alpha value is -2.46. The quantitative estimate of drug-likeness (QED) is 0.596. The highest BCUT2D eigenvalue weighted by Crippen LogP contribution is 2.22. The van der Waals surface area contributed by atoms with Gasteiger partial charge in [0.2, 0.25) is 0 Å². The van der Waals surface area contributed by atoms with E-state index in [9.17, 15) is 4.79 Å². The molecule has 0 fully saturated rings. The number of halogens is 1. The third-order valence-electron chi connectivity index (χ3n) is 2.78. The van der Waals surface area contributed by atoms with Crippen LogP contribution in [0.2, 0.25) is 0 Å². The van der Waals surface area contributed by atoms with E-state index in [-0.39, 0.29) is 5.03 Å². The van der Waals surface area contributed by atoms with Gasteiger partial charge in [-0.2, -0.15) is 0 Å². The summed E-state index contributed by atoms with van der Waals surface area (Å²) in [7, 11) is 1.57. The van der Waals surface area contributed by atoms with E-state index in [1.807, 2.05) is 6.07 Å². The third kappa shape index (κ3) is 4.27. The van der Waals surface area contributed by atoms with Crippen molar-refractivity contribution < 1.29 is 19.0 Å². The van der Waals surface area contributed by atoms with Crippen LogP contribution in [0.3, 0.4) is 0 Å². The van der Waals surface area contributed by atoms with Gasteiger partial charge in [-0.15, -0.1) is 0 Å². The van der Waals surface area contributed by atoms with Gasteiger partial charge in [0.05, 0.1) is 17.7 Å². The summed E-state index contributed by atoms with van der Waals surface area (Å²) < 4.78 is 15.8. The highest BCUT2D eigenvalue weighted by atomic mass is 35.5. The number of benzene rings is 2. The van der Waals surface area contributed by atoms with Gasteiger partial charge in [-0.25, -0.2) is 4.79 Å². The second kappa shape index (κ2) is 7.52. The van der Waals surface area contributed by atoms with Crippen LogP contribution in [0.5, 0.6) is 11.5 Å². The predicted octanol–water partition coefficient (Wildman–Crippen LogP) is 4.01. The van der Waals surface area contributed by atoms with Crippen molar-refractivity contribution in [1.82, 2.24) is 0 Å². The van der Waals surface area contributed by atoms with Crippen LogP contribution in [0, 0.1) is 0 Å². The van der Waals surface area contributed by atoms with Gasteiger partial charge in [0, 0.05) is 0 Å². The fourth-order valence-corrected chi connectivity index (χ4v) is 1.76. The molecule has 2 rings (SSSR count). The van der Waals surface area contributed by atoms with E-state index in [1.165, 1.54) is 0 Å². The van der Waals surface area contributed by atoms with Crippen LogP contribution in [-0.2, 0) is 4.74 Å². The summed E-state index contributed by atoms with van der Waals surface area (Å²) >= 11 is 5.86. The summed E-state index contributed by atoms with van der Waals surface area (Å²) in [6, 6.07) is 15.4. The lowest BCUT2D eigenvalue weighted by Crippen LogP contribution is -2.24. The second-order valence-electron chi connectivity index (χ2n) is 4.34. The van der Waals surface area contributed by atoms with E-state index in [0.29, 0.717) is 17.1 Å². The number of hydrogen-bond donors (Lipinski definition) is 0. The highest BCUT2D eigenvalue weighted by molar-refractivity contribution is 6.29. The maximum absolute atomic E-state index is 12.0. The van der Waals surface area contributed by atoms with Gasteiger partial charge in [0.1, 0.15) is 11.5 Å². The first-order valence-electron chi connectivity index (χ1n) is 6.51. The van der Waals surface area contributed by atoms with E-state index in [4.69, 9.17) is 25.8 Å². The van der Waals surface area contributed by atoms with Crippen LogP contribution in [-0.4, -0.2) is 19.4 Å². The number of hydrogen-bond acceptors (Lipinski definition) is 4. The molecule has 0 bridgehead atoms. The standard InChI is InChI=1S/C17H15ClO4/c1-12(18)17(21-15-10-8-14(20-2)9-11-15)22-16(19)13-6-4-3-5-7-13/h3-11,17H,1H2,2H3. The van der Waals surface area contributed by atoms with Crippen molar-refractivity contribution in [2.45, 2.75) is 6.29 Å². The molecule has 0 spiro atoms. The highest BCUT2D eigenvalue weighted by Gasteiger charge is 2.19. The first-order chi connectivity index (χ1) is 10.6. The molecule has 2 aromatic rings. The number of carbonyl (C=O) groups excluding carboxylic acids is 1. The maximum atomic E-state index is 12.0. The number of ether oxygens (including phenoxy) is 3. The molecular weight excluding hydrogens is 304 g/mol. The number of rotatable bonds is 6. The first-order valence-corrected chi connectivity index (χ1v) is 6.89.